The van der Waals surface area contributed by atoms with Gasteiger partial charge in [0.1, 0.15) is 5.76 Å². The molecule has 9 heteroatoms. The van der Waals surface area contributed by atoms with Crippen LogP contribution in [0.5, 0.6) is 0 Å². The number of hydrogen-bond acceptors (Lipinski definition) is 5. The summed E-state index contributed by atoms with van der Waals surface area (Å²) in [4.78, 5) is 26.2. The van der Waals surface area contributed by atoms with E-state index in [1.54, 1.807) is 19.1 Å². The summed E-state index contributed by atoms with van der Waals surface area (Å²) in [6.07, 6.45) is 1.46. The van der Waals surface area contributed by atoms with E-state index in [1.807, 2.05) is 20.8 Å². The fourth-order valence-corrected chi connectivity index (χ4v) is 3.57. The first kappa shape index (κ1) is 22.6. The summed E-state index contributed by atoms with van der Waals surface area (Å²) in [5.74, 6) is -0.106. The summed E-state index contributed by atoms with van der Waals surface area (Å²) < 4.78 is 32.3. The van der Waals surface area contributed by atoms with Crippen molar-refractivity contribution in [1.82, 2.24) is 14.9 Å². The van der Waals surface area contributed by atoms with Crippen molar-refractivity contribution in [3.63, 3.8) is 0 Å². The topological polar surface area (TPSA) is 109 Å². The molecule has 0 saturated carbocycles. The molecule has 158 valence electrons. The zero-order valence-corrected chi connectivity index (χ0v) is 17.9. The average Bonchev–Trinajstić information content (AvgIpc) is 3.16. The number of carbonyl (C=O) groups excluding carboxylic acids is 2. The van der Waals surface area contributed by atoms with Crippen molar-refractivity contribution in [2.24, 2.45) is 0 Å². The molecule has 1 heterocycles. The largest absolute Gasteiger partial charge is 0.468 e. The van der Waals surface area contributed by atoms with E-state index >= 15 is 0 Å². The molecule has 0 saturated heterocycles. The van der Waals surface area contributed by atoms with Crippen LogP contribution in [0.3, 0.4) is 0 Å². The summed E-state index contributed by atoms with van der Waals surface area (Å²) in [5, 5.41) is 2.82. The maximum atomic E-state index is 12.7. The highest BCUT2D eigenvalue weighted by Gasteiger charge is 2.21. The Bertz CT molecular complexity index is 929. The van der Waals surface area contributed by atoms with Crippen molar-refractivity contribution >= 4 is 21.8 Å². The molecule has 2 amide bonds. The highest BCUT2D eigenvalue weighted by atomic mass is 32.2. The average molecular weight is 422 g/mol. The summed E-state index contributed by atoms with van der Waals surface area (Å²) in [6.45, 7) is 7.67. The molecule has 0 radical (unpaired) electrons. The third kappa shape index (κ3) is 6.72. The maximum absolute atomic E-state index is 12.7. The van der Waals surface area contributed by atoms with Crippen molar-refractivity contribution in [2.45, 2.75) is 44.7 Å². The van der Waals surface area contributed by atoms with Gasteiger partial charge in [0.05, 0.1) is 24.2 Å². The van der Waals surface area contributed by atoms with Crippen LogP contribution in [0.15, 0.2) is 52.0 Å². The van der Waals surface area contributed by atoms with Gasteiger partial charge in [-0.2, -0.15) is 0 Å². The number of likely N-dealkylation sites (N-methyl/N-ethyl adjacent to an activating group) is 1. The second kappa shape index (κ2) is 9.23. The maximum Gasteiger partial charge on any atom is 0.254 e. The van der Waals surface area contributed by atoms with Crippen LogP contribution in [-0.2, 0) is 21.4 Å². The highest BCUT2D eigenvalue weighted by Crippen LogP contribution is 2.13. The third-order valence-corrected chi connectivity index (χ3v) is 5.36. The lowest BCUT2D eigenvalue weighted by molar-refractivity contribution is -0.123. The SMILES string of the molecule is CCN(CC(=O)NC(C)(C)C)C(=O)c1ccc(S(=O)(=O)NCc2ccco2)cc1. The third-order valence-electron chi connectivity index (χ3n) is 3.95. The Balaban J connectivity index is 2.05. The van der Waals surface area contributed by atoms with Crippen LogP contribution in [0.1, 0.15) is 43.8 Å². The molecule has 8 nitrogen and oxygen atoms in total. The number of nitrogens with one attached hydrogen (secondary N) is 2. The van der Waals surface area contributed by atoms with Crippen molar-refractivity contribution < 1.29 is 22.4 Å². The van der Waals surface area contributed by atoms with Gasteiger partial charge in [-0.3, -0.25) is 9.59 Å². The number of rotatable bonds is 8. The van der Waals surface area contributed by atoms with Crippen LogP contribution in [0.2, 0.25) is 0 Å². The van der Waals surface area contributed by atoms with E-state index in [1.165, 1.54) is 35.4 Å². The smallest absolute Gasteiger partial charge is 0.254 e. The highest BCUT2D eigenvalue weighted by molar-refractivity contribution is 7.89. The second-order valence-electron chi connectivity index (χ2n) is 7.55. The molecule has 0 fully saturated rings. The molecule has 0 unspecified atom stereocenters. The number of amides is 2. The molecule has 0 spiro atoms. The van der Waals surface area contributed by atoms with E-state index in [2.05, 4.69) is 10.0 Å². The number of sulfonamides is 1. The van der Waals surface area contributed by atoms with Crippen molar-refractivity contribution in [3.05, 3.63) is 54.0 Å². The number of carbonyl (C=O) groups is 2. The molecular weight excluding hydrogens is 394 g/mol. The van der Waals surface area contributed by atoms with Crippen LogP contribution in [-0.4, -0.2) is 43.8 Å². The summed E-state index contributed by atoms with van der Waals surface area (Å²) in [5.41, 5.74) is -0.0848. The van der Waals surface area contributed by atoms with Gasteiger partial charge in [-0.15, -0.1) is 0 Å². The lowest BCUT2D eigenvalue weighted by Gasteiger charge is -2.25. The van der Waals surface area contributed by atoms with Crippen molar-refractivity contribution in [2.75, 3.05) is 13.1 Å². The molecule has 0 aliphatic rings. The number of hydrogen-bond donors (Lipinski definition) is 2. The van der Waals surface area contributed by atoms with E-state index in [0.717, 1.165) is 0 Å². The van der Waals surface area contributed by atoms with E-state index in [0.29, 0.717) is 17.9 Å². The van der Waals surface area contributed by atoms with Crippen LogP contribution in [0.4, 0.5) is 0 Å². The Labute approximate surface area is 171 Å². The molecule has 1 aromatic heterocycles. The van der Waals surface area contributed by atoms with E-state index in [9.17, 15) is 18.0 Å². The van der Waals surface area contributed by atoms with Crippen molar-refractivity contribution in [3.8, 4) is 0 Å². The van der Waals surface area contributed by atoms with Gasteiger partial charge < -0.3 is 14.6 Å². The van der Waals surface area contributed by atoms with Gasteiger partial charge in [-0.1, -0.05) is 0 Å². The fourth-order valence-electron chi connectivity index (χ4n) is 2.58. The normalized spacial score (nSPS) is 11.9. The van der Waals surface area contributed by atoms with Crippen LogP contribution < -0.4 is 10.0 Å². The first-order chi connectivity index (χ1) is 13.5. The van der Waals surface area contributed by atoms with Crippen LogP contribution >= 0.6 is 0 Å². The zero-order valence-electron chi connectivity index (χ0n) is 17.1. The Morgan fingerprint density at radius 1 is 1.10 bits per heavy atom. The van der Waals surface area contributed by atoms with Gasteiger partial charge in [0.15, 0.2) is 0 Å². The predicted octanol–water partition coefficient (Wildman–Crippen LogP) is 2.13. The Kier molecular flexibility index (Phi) is 7.21. The summed E-state index contributed by atoms with van der Waals surface area (Å²) in [6, 6.07) is 8.94. The molecule has 1 aromatic carbocycles. The monoisotopic (exact) mass is 421 g/mol. The van der Waals surface area contributed by atoms with Gasteiger partial charge in [-0.05, 0) is 64.1 Å². The molecule has 2 rings (SSSR count). The minimum absolute atomic E-state index is 0.0303. The second-order valence-corrected chi connectivity index (χ2v) is 9.31. The van der Waals surface area contributed by atoms with Gasteiger partial charge in [0.25, 0.3) is 5.91 Å². The first-order valence-corrected chi connectivity index (χ1v) is 10.7. The lowest BCUT2D eigenvalue weighted by Crippen LogP contribution is -2.47. The standard InChI is InChI=1S/C20H27N3O5S/c1-5-23(14-18(24)22-20(2,3)4)19(25)15-8-10-17(11-9-15)29(26,27)21-13-16-7-6-12-28-16/h6-12,21H,5,13-14H2,1-4H3,(H,22,24). The van der Waals surface area contributed by atoms with Gasteiger partial charge in [0, 0.05) is 17.6 Å². The first-order valence-electron chi connectivity index (χ1n) is 9.24. The molecular formula is C20H27N3O5S. The fraction of sp³-hybridized carbons (Fsp3) is 0.400. The molecule has 0 atom stereocenters. The zero-order chi connectivity index (χ0) is 21.7. The molecule has 0 aliphatic carbocycles. The minimum Gasteiger partial charge on any atom is -0.468 e. The van der Waals surface area contributed by atoms with Gasteiger partial charge in [0.2, 0.25) is 15.9 Å². The van der Waals surface area contributed by atoms with Gasteiger partial charge >= 0.3 is 0 Å². The van der Waals surface area contributed by atoms with E-state index < -0.39 is 15.6 Å². The molecule has 2 N–H and O–H groups in total. The quantitative estimate of drug-likeness (QED) is 0.679. The lowest BCUT2D eigenvalue weighted by atomic mass is 10.1. The summed E-state index contributed by atoms with van der Waals surface area (Å²) in [7, 11) is -3.74. The number of benzene rings is 1. The van der Waals surface area contributed by atoms with Crippen LogP contribution in [0, 0.1) is 0 Å². The molecule has 0 bridgehead atoms. The molecule has 29 heavy (non-hydrogen) atoms. The van der Waals surface area contributed by atoms with Crippen LogP contribution in [0.25, 0.3) is 0 Å². The van der Waals surface area contributed by atoms with E-state index in [-0.39, 0.29) is 29.8 Å². The predicted molar refractivity (Wildman–Crippen MR) is 109 cm³/mol. The Morgan fingerprint density at radius 2 is 1.76 bits per heavy atom. The Morgan fingerprint density at radius 3 is 2.28 bits per heavy atom. The summed E-state index contributed by atoms with van der Waals surface area (Å²) >= 11 is 0. The number of nitrogens with zero attached hydrogens (tertiary/aromatic N) is 1. The minimum atomic E-state index is -3.74. The Hall–Kier alpha value is -2.65. The van der Waals surface area contributed by atoms with E-state index in [4.69, 9.17) is 4.42 Å². The number of furan rings is 1. The van der Waals surface area contributed by atoms with Gasteiger partial charge in [-0.25, -0.2) is 13.1 Å². The molecule has 0 aliphatic heterocycles. The van der Waals surface area contributed by atoms with Crippen molar-refractivity contribution in [1.29, 1.82) is 0 Å². The molecule has 2 aromatic rings.